The third kappa shape index (κ3) is 6.26. The van der Waals surface area contributed by atoms with E-state index in [1.54, 1.807) is 11.0 Å². The molecule has 5 rings (SSSR count). The topological polar surface area (TPSA) is 23.6 Å². The van der Waals surface area contributed by atoms with Crippen LogP contribution in [0.15, 0.2) is 78.9 Å². The van der Waals surface area contributed by atoms with Crippen LogP contribution in [-0.2, 0) is 12.6 Å². The van der Waals surface area contributed by atoms with Crippen LogP contribution in [0, 0.1) is 17.7 Å². The van der Waals surface area contributed by atoms with Gasteiger partial charge in [-0.25, -0.2) is 4.39 Å². The van der Waals surface area contributed by atoms with Gasteiger partial charge in [-0.3, -0.25) is 4.79 Å². The van der Waals surface area contributed by atoms with E-state index in [1.807, 2.05) is 6.07 Å². The number of carbonyl (C=O) groups excluding carboxylic acids is 1. The molecular weight excluding hydrogens is 492 g/mol. The van der Waals surface area contributed by atoms with Crippen molar-refractivity contribution in [2.24, 2.45) is 11.8 Å². The molecule has 2 aliphatic heterocycles. The van der Waals surface area contributed by atoms with Gasteiger partial charge in [0.15, 0.2) is 0 Å². The average molecular weight is 525 g/mol. The molecule has 0 saturated carbocycles. The number of carbonyl (C=O) groups is 1. The summed E-state index contributed by atoms with van der Waals surface area (Å²) in [5.41, 5.74) is 1.68. The number of hydrogen-bond donors (Lipinski definition) is 0. The molecule has 2 saturated heterocycles. The normalized spacial score (nSPS) is 21.1. The number of halogens is 4. The number of rotatable bonds is 6. The molecule has 0 N–H and O–H groups in total. The standard InChI is InChI=1S/C31H32F4N2O/c32-28-11-9-24(10-12-28)30(38)37-20-26(29(21-37)25-7-4-8-27(18-25)31(33,34)35)19-36-15-13-23(14-16-36)17-22-5-2-1-3-6-22/h1-12,18,23,26,29H,13-17,19-21H2. The summed E-state index contributed by atoms with van der Waals surface area (Å²) in [5.74, 6) is -0.213. The quantitative estimate of drug-likeness (QED) is 0.337. The summed E-state index contributed by atoms with van der Waals surface area (Å²) in [4.78, 5) is 17.3. The zero-order valence-electron chi connectivity index (χ0n) is 21.2. The second-order valence-corrected chi connectivity index (χ2v) is 10.6. The van der Waals surface area contributed by atoms with E-state index in [0.29, 0.717) is 30.1 Å². The van der Waals surface area contributed by atoms with Crippen molar-refractivity contribution in [3.63, 3.8) is 0 Å². The number of benzene rings is 3. The second kappa shape index (κ2) is 11.3. The molecule has 38 heavy (non-hydrogen) atoms. The summed E-state index contributed by atoms with van der Waals surface area (Å²) in [7, 11) is 0. The van der Waals surface area contributed by atoms with Crippen LogP contribution in [0.25, 0.3) is 0 Å². The van der Waals surface area contributed by atoms with Crippen molar-refractivity contribution < 1.29 is 22.4 Å². The Labute approximate surface area is 221 Å². The van der Waals surface area contributed by atoms with Crippen LogP contribution in [0.3, 0.4) is 0 Å². The number of likely N-dealkylation sites (tertiary alicyclic amines) is 2. The van der Waals surface area contributed by atoms with Gasteiger partial charge >= 0.3 is 6.18 Å². The van der Waals surface area contributed by atoms with Crippen molar-refractivity contribution in [1.82, 2.24) is 9.80 Å². The van der Waals surface area contributed by atoms with Crippen molar-refractivity contribution in [3.05, 3.63) is 107 Å². The third-order valence-electron chi connectivity index (χ3n) is 8.03. The maximum Gasteiger partial charge on any atom is 0.416 e. The lowest BCUT2D eigenvalue weighted by Gasteiger charge is -2.34. The molecule has 0 spiro atoms. The minimum Gasteiger partial charge on any atom is -0.338 e. The number of piperidine rings is 1. The largest absolute Gasteiger partial charge is 0.416 e. The number of alkyl halides is 3. The van der Waals surface area contributed by atoms with Crippen LogP contribution in [0.1, 0.15) is 45.8 Å². The molecule has 2 fully saturated rings. The molecule has 3 nitrogen and oxygen atoms in total. The molecule has 3 aromatic carbocycles. The Balaban J connectivity index is 1.30. The van der Waals surface area contributed by atoms with E-state index in [0.717, 1.165) is 45.0 Å². The Morgan fingerprint density at radius 2 is 1.58 bits per heavy atom. The molecule has 2 atom stereocenters. The highest BCUT2D eigenvalue weighted by atomic mass is 19.4. The van der Waals surface area contributed by atoms with Gasteiger partial charge in [-0.2, -0.15) is 13.2 Å². The van der Waals surface area contributed by atoms with E-state index in [2.05, 4.69) is 29.2 Å². The van der Waals surface area contributed by atoms with E-state index in [1.165, 1.54) is 42.0 Å². The third-order valence-corrected chi connectivity index (χ3v) is 8.03. The van der Waals surface area contributed by atoms with Gasteiger partial charge in [-0.15, -0.1) is 0 Å². The molecule has 0 aromatic heterocycles. The predicted octanol–water partition coefficient (Wildman–Crippen LogP) is 6.66. The monoisotopic (exact) mass is 524 g/mol. The molecule has 3 aromatic rings. The summed E-state index contributed by atoms with van der Waals surface area (Å²) >= 11 is 0. The van der Waals surface area contributed by atoms with Gasteiger partial charge in [0.2, 0.25) is 0 Å². The number of nitrogens with zero attached hydrogens (tertiary/aromatic N) is 2. The lowest BCUT2D eigenvalue weighted by Crippen LogP contribution is -2.39. The van der Waals surface area contributed by atoms with E-state index < -0.39 is 17.6 Å². The molecular formula is C31H32F4N2O. The highest BCUT2D eigenvalue weighted by Crippen LogP contribution is 2.38. The van der Waals surface area contributed by atoms with Crippen molar-refractivity contribution in [1.29, 1.82) is 0 Å². The number of amides is 1. The molecule has 200 valence electrons. The SMILES string of the molecule is O=C(c1ccc(F)cc1)N1CC(CN2CCC(Cc3ccccc3)CC2)C(c2cccc(C(F)(F)F)c2)C1. The first-order valence-corrected chi connectivity index (χ1v) is 13.2. The Kier molecular flexibility index (Phi) is 7.84. The van der Waals surface area contributed by atoms with Crippen molar-refractivity contribution in [2.75, 3.05) is 32.7 Å². The molecule has 0 radical (unpaired) electrons. The van der Waals surface area contributed by atoms with Gasteiger partial charge in [-0.05, 0) is 85.6 Å². The maximum absolute atomic E-state index is 13.5. The van der Waals surface area contributed by atoms with E-state index in [9.17, 15) is 22.4 Å². The first-order valence-electron chi connectivity index (χ1n) is 13.2. The van der Waals surface area contributed by atoms with E-state index in [4.69, 9.17) is 0 Å². The van der Waals surface area contributed by atoms with E-state index >= 15 is 0 Å². The Bertz CT molecular complexity index is 1220. The van der Waals surface area contributed by atoms with Crippen LogP contribution in [-0.4, -0.2) is 48.4 Å². The molecule has 2 aliphatic rings. The fourth-order valence-electron chi connectivity index (χ4n) is 5.97. The van der Waals surface area contributed by atoms with Crippen LogP contribution in [0.4, 0.5) is 17.6 Å². The molecule has 2 heterocycles. The Morgan fingerprint density at radius 1 is 0.868 bits per heavy atom. The first-order chi connectivity index (χ1) is 18.3. The Hall–Kier alpha value is -3.19. The molecule has 1 amide bonds. The lowest BCUT2D eigenvalue weighted by atomic mass is 9.86. The predicted molar refractivity (Wildman–Crippen MR) is 139 cm³/mol. The van der Waals surface area contributed by atoms with Gasteiger partial charge in [0.05, 0.1) is 5.56 Å². The molecule has 0 aliphatic carbocycles. The van der Waals surface area contributed by atoms with Crippen LogP contribution in [0.2, 0.25) is 0 Å². The summed E-state index contributed by atoms with van der Waals surface area (Å²) < 4.78 is 53.8. The molecule has 2 unspecified atom stereocenters. The minimum absolute atomic E-state index is 0.00792. The summed E-state index contributed by atoms with van der Waals surface area (Å²) in [6, 6.07) is 21.4. The molecule has 7 heteroatoms. The summed E-state index contributed by atoms with van der Waals surface area (Å²) in [6.45, 7) is 3.41. The Morgan fingerprint density at radius 3 is 2.26 bits per heavy atom. The number of hydrogen-bond acceptors (Lipinski definition) is 2. The highest BCUT2D eigenvalue weighted by molar-refractivity contribution is 5.94. The zero-order chi connectivity index (χ0) is 26.7. The van der Waals surface area contributed by atoms with Crippen molar-refractivity contribution in [2.45, 2.75) is 31.4 Å². The average Bonchev–Trinajstić information content (AvgIpc) is 3.34. The van der Waals surface area contributed by atoms with Gasteiger partial charge in [0, 0.05) is 31.1 Å². The minimum atomic E-state index is -4.42. The fraction of sp³-hybridized carbons (Fsp3) is 0.387. The maximum atomic E-state index is 13.5. The van der Waals surface area contributed by atoms with Crippen molar-refractivity contribution in [3.8, 4) is 0 Å². The van der Waals surface area contributed by atoms with Gasteiger partial charge in [0.25, 0.3) is 5.91 Å². The van der Waals surface area contributed by atoms with Gasteiger partial charge in [-0.1, -0.05) is 48.5 Å². The smallest absolute Gasteiger partial charge is 0.338 e. The van der Waals surface area contributed by atoms with Crippen LogP contribution in [0.5, 0.6) is 0 Å². The highest BCUT2D eigenvalue weighted by Gasteiger charge is 2.39. The lowest BCUT2D eigenvalue weighted by molar-refractivity contribution is -0.137. The van der Waals surface area contributed by atoms with E-state index in [-0.39, 0.29) is 17.7 Å². The molecule has 0 bridgehead atoms. The fourth-order valence-corrected chi connectivity index (χ4v) is 5.97. The van der Waals surface area contributed by atoms with Crippen molar-refractivity contribution >= 4 is 5.91 Å². The van der Waals surface area contributed by atoms with Crippen LogP contribution < -0.4 is 0 Å². The van der Waals surface area contributed by atoms with Gasteiger partial charge < -0.3 is 9.80 Å². The summed E-state index contributed by atoms with van der Waals surface area (Å²) in [5, 5.41) is 0. The summed E-state index contributed by atoms with van der Waals surface area (Å²) in [6.07, 6.45) is -1.21. The second-order valence-electron chi connectivity index (χ2n) is 10.6. The van der Waals surface area contributed by atoms with Crippen LogP contribution >= 0.6 is 0 Å². The van der Waals surface area contributed by atoms with Gasteiger partial charge in [0.1, 0.15) is 5.82 Å². The first kappa shape index (κ1) is 26.4. The zero-order valence-corrected chi connectivity index (χ0v) is 21.2.